The van der Waals surface area contributed by atoms with Gasteiger partial charge in [-0.25, -0.2) is 0 Å². The fourth-order valence-electron chi connectivity index (χ4n) is 2.63. The molecule has 3 rings (SSSR count). The summed E-state index contributed by atoms with van der Waals surface area (Å²) in [6, 6.07) is 9.96. The van der Waals surface area contributed by atoms with Crippen LogP contribution in [0.25, 0.3) is 11.3 Å². The van der Waals surface area contributed by atoms with Crippen molar-refractivity contribution in [2.75, 3.05) is 25.5 Å². The number of H-pyrrole nitrogens is 1. The van der Waals surface area contributed by atoms with Gasteiger partial charge in [-0.15, -0.1) is 0 Å². The molecule has 3 aromatic rings. The third kappa shape index (κ3) is 4.36. The molecule has 0 unspecified atom stereocenters. The molecule has 0 bridgehead atoms. The number of hydrogen-bond acceptors (Lipinski definition) is 5. The summed E-state index contributed by atoms with van der Waals surface area (Å²) in [6.45, 7) is 4.51. The van der Waals surface area contributed by atoms with Gasteiger partial charge in [0, 0.05) is 48.8 Å². The number of nitrogens with zero attached hydrogens (tertiary/aromatic N) is 2. The summed E-state index contributed by atoms with van der Waals surface area (Å²) in [6.07, 6.45) is 5.53. The Kier molecular flexibility index (Phi) is 5.64. The number of aromatic nitrogens is 3. The molecule has 0 spiro atoms. The van der Waals surface area contributed by atoms with E-state index in [1.54, 1.807) is 13.3 Å². The van der Waals surface area contributed by atoms with Gasteiger partial charge >= 0.3 is 0 Å². The first-order valence-corrected chi connectivity index (χ1v) is 8.30. The van der Waals surface area contributed by atoms with Gasteiger partial charge in [0.15, 0.2) is 0 Å². The summed E-state index contributed by atoms with van der Waals surface area (Å²) in [5.74, 6) is 0.848. The van der Waals surface area contributed by atoms with E-state index in [0.717, 1.165) is 53.5 Å². The van der Waals surface area contributed by atoms with Crippen molar-refractivity contribution in [3.05, 3.63) is 60.0 Å². The zero-order valence-corrected chi connectivity index (χ0v) is 14.5. The summed E-state index contributed by atoms with van der Waals surface area (Å²) in [5, 5.41) is 14.1. The number of aromatic amines is 1. The van der Waals surface area contributed by atoms with Crippen molar-refractivity contribution in [3.63, 3.8) is 0 Å². The third-order valence-corrected chi connectivity index (χ3v) is 4.05. The first-order valence-electron chi connectivity index (χ1n) is 8.30. The molecule has 6 nitrogen and oxygen atoms in total. The van der Waals surface area contributed by atoms with Gasteiger partial charge in [-0.2, -0.15) is 5.10 Å². The lowest BCUT2D eigenvalue weighted by Gasteiger charge is -2.10. The highest BCUT2D eigenvalue weighted by Gasteiger charge is 2.07. The SMILES string of the molecule is COc1ccc(-c2[nH]ncc2CNCCNc2ccncc2C)cc1. The normalized spacial score (nSPS) is 10.6. The largest absolute Gasteiger partial charge is 0.497 e. The fraction of sp³-hybridized carbons (Fsp3) is 0.263. The highest BCUT2D eigenvalue weighted by Crippen LogP contribution is 2.23. The molecule has 0 saturated heterocycles. The highest BCUT2D eigenvalue weighted by atomic mass is 16.5. The third-order valence-electron chi connectivity index (χ3n) is 4.05. The van der Waals surface area contributed by atoms with Gasteiger partial charge in [0.05, 0.1) is 19.0 Å². The Labute approximate surface area is 147 Å². The predicted molar refractivity (Wildman–Crippen MR) is 99.7 cm³/mol. The zero-order chi connectivity index (χ0) is 17.5. The van der Waals surface area contributed by atoms with E-state index in [-0.39, 0.29) is 0 Å². The maximum Gasteiger partial charge on any atom is 0.118 e. The lowest BCUT2D eigenvalue weighted by Crippen LogP contribution is -2.22. The number of hydrogen-bond donors (Lipinski definition) is 3. The molecule has 25 heavy (non-hydrogen) atoms. The molecule has 0 aliphatic rings. The maximum absolute atomic E-state index is 5.20. The van der Waals surface area contributed by atoms with Crippen molar-refractivity contribution in [1.29, 1.82) is 0 Å². The number of pyridine rings is 1. The lowest BCUT2D eigenvalue weighted by atomic mass is 10.1. The van der Waals surface area contributed by atoms with Crippen LogP contribution in [-0.4, -0.2) is 35.4 Å². The summed E-state index contributed by atoms with van der Waals surface area (Å²) >= 11 is 0. The minimum Gasteiger partial charge on any atom is -0.497 e. The molecule has 0 aliphatic carbocycles. The van der Waals surface area contributed by atoms with Crippen molar-refractivity contribution in [3.8, 4) is 17.0 Å². The Morgan fingerprint density at radius 1 is 1.08 bits per heavy atom. The molecular formula is C19H23N5O. The van der Waals surface area contributed by atoms with Gasteiger partial charge in [0.2, 0.25) is 0 Å². The molecular weight excluding hydrogens is 314 g/mol. The maximum atomic E-state index is 5.20. The monoisotopic (exact) mass is 337 g/mol. The van der Waals surface area contributed by atoms with E-state index in [9.17, 15) is 0 Å². The second kappa shape index (κ2) is 8.30. The molecule has 6 heteroatoms. The number of nitrogens with one attached hydrogen (secondary N) is 3. The van der Waals surface area contributed by atoms with Crippen LogP contribution in [0.1, 0.15) is 11.1 Å². The van der Waals surface area contributed by atoms with Crippen LogP contribution in [0, 0.1) is 6.92 Å². The van der Waals surface area contributed by atoms with Crippen LogP contribution < -0.4 is 15.4 Å². The number of aryl methyl sites for hydroxylation is 1. The highest BCUT2D eigenvalue weighted by molar-refractivity contribution is 5.63. The molecule has 2 aromatic heterocycles. The Balaban J connectivity index is 1.51. The van der Waals surface area contributed by atoms with Crippen molar-refractivity contribution in [2.24, 2.45) is 0 Å². The van der Waals surface area contributed by atoms with Crippen LogP contribution in [-0.2, 0) is 6.54 Å². The molecule has 0 radical (unpaired) electrons. The van der Waals surface area contributed by atoms with Gasteiger partial charge in [0.25, 0.3) is 0 Å². The molecule has 0 aliphatic heterocycles. The van der Waals surface area contributed by atoms with Gasteiger partial charge in [0.1, 0.15) is 5.75 Å². The second-order valence-corrected chi connectivity index (χ2v) is 5.79. The first kappa shape index (κ1) is 17.0. The lowest BCUT2D eigenvalue weighted by molar-refractivity contribution is 0.415. The van der Waals surface area contributed by atoms with Crippen LogP contribution in [0.3, 0.4) is 0 Å². The Morgan fingerprint density at radius 3 is 2.68 bits per heavy atom. The molecule has 1 aromatic carbocycles. The molecule has 2 heterocycles. The second-order valence-electron chi connectivity index (χ2n) is 5.79. The molecule has 130 valence electrons. The molecule has 0 fully saturated rings. The summed E-state index contributed by atoms with van der Waals surface area (Å²) in [5.41, 5.74) is 5.55. The number of anilines is 1. The molecule has 0 amide bonds. The van der Waals surface area contributed by atoms with Gasteiger partial charge in [-0.1, -0.05) is 0 Å². The topological polar surface area (TPSA) is 74.9 Å². The molecule has 3 N–H and O–H groups in total. The Bertz CT molecular complexity index is 798. The zero-order valence-electron chi connectivity index (χ0n) is 14.5. The number of methoxy groups -OCH3 is 1. The fourth-order valence-corrected chi connectivity index (χ4v) is 2.63. The Hall–Kier alpha value is -2.86. The minimum atomic E-state index is 0.759. The van der Waals surface area contributed by atoms with Crippen molar-refractivity contribution >= 4 is 5.69 Å². The predicted octanol–water partition coefficient (Wildman–Crippen LogP) is 2.99. The summed E-state index contributed by atoms with van der Waals surface area (Å²) in [4.78, 5) is 4.10. The first-order chi connectivity index (χ1) is 12.3. The number of rotatable bonds is 8. The van der Waals surface area contributed by atoms with Crippen molar-refractivity contribution in [1.82, 2.24) is 20.5 Å². The number of benzene rings is 1. The van der Waals surface area contributed by atoms with Crippen molar-refractivity contribution in [2.45, 2.75) is 13.5 Å². The van der Waals surface area contributed by atoms with Gasteiger partial charge in [-0.3, -0.25) is 10.1 Å². The van der Waals surface area contributed by atoms with Gasteiger partial charge in [-0.05, 0) is 42.8 Å². The summed E-state index contributed by atoms with van der Waals surface area (Å²) < 4.78 is 5.20. The average Bonchev–Trinajstić information content (AvgIpc) is 3.11. The molecule has 0 saturated carbocycles. The van der Waals surface area contributed by atoms with Crippen LogP contribution in [0.2, 0.25) is 0 Å². The van der Waals surface area contributed by atoms with Crippen molar-refractivity contribution < 1.29 is 4.74 Å². The molecule has 0 atom stereocenters. The van der Waals surface area contributed by atoms with E-state index in [2.05, 4.69) is 32.7 Å². The van der Waals surface area contributed by atoms with E-state index in [4.69, 9.17) is 4.74 Å². The Morgan fingerprint density at radius 2 is 1.92 bits per heavy atom. The number of ether oxygens (including phenoxy) is 1. The van der Waals surface area contributed by atoms with E-state index in [0.29, 0.717) is 0 Å². The van der Waals surface area contributed by atoms with E-state index < -0.39 is 0 Å². The average molecular weight is 337 g/mol. The standard InChI is InChI=1S/C19H23N5O/c1-14-11-20-8-7-18(14)22-10-9-21-12-16-13-23-24-19(16)15-3-5-17(25-2)6-4-15/h3-8,11,13,21H,9-10,12H2,1-2H3,(H,20,22)(H,23,24). The van der Waals surface area contributed by atoms with Crippen LogP contribution in [0.15, 0.2) is 48.9 Å². The van der Waals surface area contributed by atoms with E-state index in [1.165, 1.54) is 0 Å². The van der Waals surface area contributed by atoms with Crippen LogP contribution in [0.5, 0.6) is 5.75 Å². The quantitative estimate of drug-likeness (QED) is 0.551. The van der Waals surface area contributed by atoms with E-state index in [1.807, 2.05) is 42.7 Å². The van der Waals surface area contributed by atoms with Crippen LogP contribution >= 0.6 is 0 Å². The minimum absolute atomic E-state index is 0.759. The summed E-state index contributed by atoms with van der Waals surface area (Å²) in [7, 11) is 1.67. The van der Waals surface area contributed by atoms with Gasteiger partial charge < -0.3 is 15.4 Å². The van der Waals surface area contributed by atoms with Crippen LogP contribution in [0.4, 0.5) is 5.69 Å². The smallest absolute Gasteiger partial charge is 0.118 e. The van der Waals surface area contributed by atoms with E-state index >= 15 is 0 Å².